The molecule has 138 valence electrons. The van der Waals surface area contributed by atoms with Gasteiger partial charge in [0.15, 0.2) is 0 Å². The average Bonchev–Trinajstić information content (AvgIpc) is 3.02. The lowest BCUT2D eigenvalue weighted by Gasteiger charge is -2.20. The molecule has 0 amide bonds. The summed E-state index contributed by atoms with van der Waals surface area (Å²) >= 11 is 0. The number of aromatic carboxylic acids is 1. The molecule has 1 saturated heterocycles. The summed E-state index contributed by atoms with van der Waals surface area (Å²) in [5.41, 5.74) is 2.72. The van der Waals surface area contributed by atoms with Crippen molar-refractivity contribution in [3.05, 3.63) is 54.0 Å². The number of carboxylic acids is 1. The predicted molar refractivity (Wildman–Crippen MR) is 102 cm³/mol. The highest BCUT2D eigenvalue weighted by Gasteiger charge is 2.55. The topological polar surface area (TPSA) is 83.3 Å². The van der Waals surface area contributed by atoms with Gasteiger partial charge in [0, 0.05) is 62.2 Å². The number of benzene rings is 1. The lowest BCUT2D eigenvalue weighted by molar-refractivity contribution is 0.0696. The van der Waals surface area contributed by atoms with Crippen LogP contribution in [0.5, 0.6) is 0 Å². The van der Waals surface area contributed by atoms with Crippen LogP contribution in [0.3, 0.4) is 0 Å². The molecule has 0 spiro atoms. The van der Waals surface area contributed by atoms with E-state index >= 15 is 0 Å². The minimum atomic E-state index is -0.997. The van der Waals surface area contributed by atoms with Crippen molar-refractivity contribution in [1.29, 1.82) is 0 Å². The second-order valence-corrected chi connectivity index (χ2v) is 7.50. The first-order chi connectivity index (χ1) is 13.1. The highest BCUT2D eigenvalue weighted by molar-refractivity contribution is 5.86. The van der Waals surface area contributed by atoms with Crippen LogP contribution >= 0.6 is 0 Å². The van der Waals surface area contributed by atoms with Crippen molar-refractivity contribution >= 4 is 22.8 Å². The Bertz CT molecular complexity index is 1000. The van der Waals surface area contributed by atoms with E-state index in [9.17, 15) is 4.79 Å². The van der Waals surface area contributed by atoms with Crippen LogP contribution < -0.4 is 10.2 Å². The molecule has 2 atom stereocenters. The summed E-state index contributed by atoms with van der Waals surface area (Å²) < 4.78 is 2.18. The fourth-order valence-corrected chi connectivity index (χ4v) is 4.38. The third-order valence-corrected chi connectivity index (χ3v) is 5.87. The zero-order valence-corrected chi connectivity index (χ0v) is 15.0. The van der Waals surface area contributed by atoms with Crippen LogP contribution in [0.4, 0.5) is 5.95 Å². The van der Waals surface area contributed by atoms with E-state index in [-0.39, 0.29) is 5.56 Å². The van der Waals surface area contributed by atoms with Gasteiger partial charge in [-0.15, -0.1) is 0 Å². The van der Waals surface area contributed by atoms with Crippen LogP contribution in [0, 0.1) is 11.8 Å². The summed E-state index contributed by atoms with van der Waals surface area (Å²) in [6, 6.07) is 9.03. The molecule has 1 aliphatic carbocycles. The number of rotatable bonds is 5. The smallest absolute Gasteiger partial charge is 0.338 e. The van der Waals surface area contributed by atoms with Crippen molar-refractivity contribution in [1.82, 2.24) is 19.9 Å². The average molecular weight is 363 g/mol. The number of aromatic nitrogens is 3. The number of aryl methyl sites for hydroxylation is 1. The third-order valence-electron chi connectivity index (χ3n) is 5.87. The molecule has 7 heteroatoms. The summed E-state index contributed by atoms with van der Waals surface area (Å²) in [5, 5.41) is 14.0. The summed E-state index contributed by atoms with van der Waals surface area (Å²) in [5.74, 6) is 0.856. The van der Waals surface area contributed by atoms with Gasteiger partial charge in [0.05, 0.1) is 5.56 Å². The summed E-state index contributed by atoms with van der Waals surface area (Å²) in [6.45, 7) is 2.72. The van der Waals surface area contributed by atoms with Crippen molar-refractivity contribution in [2.45, 2.75) is 12.6 Å². The number of anilines is 1. The Kier molecular flexibility index (Phi) is 3.65. The molecule has 0 bridgehead atoms. The molecular formula is C20H21N5O2. The Hall–Kier alpha value is -2.93. The number of fused-ring (bicyclic) bond motifs is 2. The predicted octanol–water partition coefficient (Wildman–Crippen LogP) is 1.89. The summed E-state index contributed by atoms with van der Waals surface area (Å²) in [4.78, 5) is 21.5. The van der Waals surface area contributed by atoms with Gasteiger partial charge in [-0.1, -0.05) is 18.2 Å². The van der Waals surface area contributed by atoms with Crippen LogP contribution in [0.1, 0.15) is 15.9 Å². The van der Waals surface area contributed by atoms with Gasteiger partial charge in [0.2, 0.25) is 5.95 Å². The van der Waals surface area contributed by atoms with E-state index < -0.39 is 5.97 Å². The maximum Gasteiger partial charge on any atom is 0.338 e. The van der Waals surface area contributed by atoms with Gasteiger partial charge in [0.25, 0.3) is 0 Å². The fourth-order valence-electron chi connectivity index (χ4n) is 4.38. The van der Waals surface area contributed by atoms with E-state index in [0.29, 0.717) is 23.8 Å². The molecule has 2 unspecified atom stereocenters. The van der Waals surface area contributed by atoms with E-state index in [2.05, 4.69) is 62.3 Å². The first kappa shape index (κ1) is 16.3. The molecule has 3 aromatic rings. The van der Waals surface area contributed by atoms with Crippen molar-refractivity contribution in [3.63, 3.8) is 0 Å². The Morgan fingerprint density at radius 1 is 1.22 bits per heavy atom. The molecule has 1 aromatic carbocycles. The van der Waals surface area contributed by atoms with Gasteiger partial charge < -0.3 is 19.9 Å². The maximum absolute atomic E-state index is 10.9. The molecule has 0 radical (unpaired) electrons. The van der Waals surface area contributed by atoms with E-state index in [1.54, 1.807) is 0 Å². The van der Waals surface area contributed by atoms with Crippen molar-refractivity contribution in [2.24, 2.45) is 18.9 Å². The SMILES string of the molecule is Cn1cc(CNC2C3CN(c4ncc(C(=O)O)cn4)CC32)c2ccccc21. The van der Waals surface area contributed by atoms with Gasteiger partial charge >= 0.3 is 5.97 Å². The summed E-state index contributed by atoms with van der Waals surface area (Å²) in [6.07, 6.45) is 4.97. The molecule has 2 N–H and O–H groups in total. The zero-order valence-electron chi connectivity index (χ0n) is 15.0. The highest BCUT2D eigenvalue weighted by Crippen LogP contribution is 2.46. The molecule has 1 aliphatic heterocycles. The molecule has 27 heavy (non-hydrogen) atoms. The number of piperidine rings is 1. The van der Waals surface area contributed by atoms with E-state index in [1.165, 1.54) is 28.9 Å². The lowest BCUT2D eigenvalue weighted by Crippen LogP contribution is -2.32. The minimum absolute atomic E-state index is 0.123. The molecule has 7 nitrogen and oxygen atoms in total. The van der Waals surface area contributed by atoms with Crippen molar-refractivity contribution < 1.29 is 9.90 Å². The standard InChI is InChI=1S/C20H21N5O2/c1-24-9-13(14-4-2-3-5-17(14)24)8-21-18-15-10-25(11-16(15)18)20-22-6-12(7-23-20)19(26)27/h2-7,9,15-16,18,21H,8,10-11H2,1H3,(H,26,27). The largest absolute Gasteiger partial charge is 0.478 e. The third kappa shape index (κ3) is 2.75. The van der Waals surface area contributed by atoms with Gasteiger partial charge in [-0.05, 0) is 23.5 Å². The van der Waals surface area contributed by atoms with E-state index in [1.807, 2.05) is 0 Å². The molecule has 2 fully saturated rings. The molecule has 2 aliphatic rings. The Morgan fingerprint density at radius 3 is 2.63 bits per heavy atom. The number of nitrogens with zero attached hydrogens (tertiary/aromatic N) is 4. The molecule has 3 heterocycles. The van der Waals surface area contributed by atoms with Gasteiger partial charge in [0.1, 0.15) is 0 Å². The monoisotopic (exact) mass is 363 g/mol. The normalized spacial score (nSPS) is 23.6. The highest BCUT2D eigenvalue weighted by atomic mass is 16.4. The zero-order chi connectivity index (χ0) is 18.5. The number of nitrogens with one attached hydrogen (secondary N) is 1. The Balaban J connectivity index is 1.20. The first-order valence-electron chi connectivity index (χ1n) is 9.18. The van der Waals surface area contributed by atoms with Gasteiger partial charge in [-0.2, -0.15) is 0 Å². The van der Waals surface area contributed by atoms with Crippen molar-refractivity contribution in [3.8, 4) is 0 Å². The fraction of sp³-hybridized carbons (Fsp3) is 0.350. The minimum Gasteiger partial charge on any atom is -0.478 e. The number of hydrogen-bond donors (Lipinski definition) is 2. The van der Waals surface area contributed by atoms with Crippen LogP contribution in [-0.2, 0) is 13.6 Å². The molecule has 1 saturated carbocycles. The second kappa shape index (κ2) is 6.06. The number of carboxylic acid groups (broad SMARTS) is 1. The van der Waals surface area contributed by atoms with Crippen molar-refractivity contribution in [2.75, 3.05) is 18.0 Å². The Morgan fingerprint density at radius 2 is 1.93 bits per heavy atom. The number of para-hydroxylation sites is 1. The Labute approximate surface area is 156 Å². The van der Waals surface area contributed by atoms with Crippen LogP contribution in [-0.4, -0.2) is 44.7 Å². The maximum atomic E-state index is 10.9. The summed E-state index contributed by atoms with van der Waals surface area (Å²) in [7, 11) is 2.09. The number of carbonyl (C=O) groups is 1. The van der Waals surface area contributed by atoms with Gasteiger partial charge in [-0.25, -0.2) is 14.8 Å². The number of hydrogen-bond acceptors (Lipinski definition) is 5. The van der Waals surface area contributed by atoms with E-state index in [4.69, 9.17) is 5.11 Å². The van der Waals surface area contributed by atoms with Gasteiger partial charge in [-0.3, -0.25) is 0 Å². The van der Waals surface area contributed by atoms with Crippen LogP contribution in [0.25, 0.3) is 10.9 Å². The quantitative estimate of drug-likeness (QED) is 0.720. The first-order valence-corrected chi connectivity index (χ1v) is 9.18. The van der Waals surface area contributed by atoms with E-state index in [0.717, 1.165) is 19.6 Å². The lowest BCUT2D eigenvalue weighted by atomic mass is 10.2. The van der Waals surface area contributed by atoms with Crippen LogP contribution in [0.2, 0.25) is 0 Å². The van der Waals surface area contributed by atoms with Crippen LogP contribution in [0.15, 0.2) is 42.9 Å². The second-order valence-electron chi connectivity index (χ2n) is 7.50. The molecule has 5 rings (SSSR count). The molecule has 2 aromatic heterocycles. The molecular weight excluding hydrogens is 342 g/mol.